The number of H-pyrrole nitrogens is 1. The first kappa shape index (κ1) is 22.9. The van der Waals surface area contributed by atoms with E-state index in [9.17, 15) is 4.79 Å². The van der Waals surface area contributed by atoms with Gasteiger partial charge in [-0.1, -0.05) is 48.9 Å². The molecule has 29 heavy (non-hydrogen) atoms. The highest BCUT2D eigenvalue weighted by Crippen LogP contribution is 2.37. The Kier molecular flexibility index (Phi) is 8.26. The van der Waals surface area contributed by atoms with Gasteiger partial charge in [-0.2, -0.15) is 0 Å². The predicted molar refractivity (Wildman–Crippen MR) is 117 cm³/mol. The van der Waals surface area contributed by atoms with Crippen LogP contribution < -0.4 is 15.6 Å². The van der Waals surface area contributed by atoms with Crippen LogP contribution in [0.1, 0.15) is 43.5 Å². The van der Waals surface area contributed by atoms with E-state index in [2.05, 4.69) is 10.3 Å². The number of halogens is 3. The minimum Gasteiger partial charge on any atom is -0.453 e. The van der Waals surface area contributed by atoms with Crippen molar-refractivity contribution in [2.45, 2.75) is 32.4 Å². The van der Waals surface area contributed by atoms with Crippen molar-refractivity contribution < 1.29 is 9.13 Å². The molecule has 0 aliphatic heterocycles. The van der Waals surface area contributed by atoms with Crippen molar-refractivity contribution in [2.24, 2.45) is 0 Å². The van der Waals surface area contributed by atoms with Crippen molar-refractivity contribution in [1.29, 1.82) is 0 Å². The molecule has 0 unspecified atom stereocenters. The molecule has 3 aromatic rings. The third kappa shape index (κ3) is 5.38. The lowest BCUT2D eigenvalue weighted by atomic mass is 10.0. The van der Waals surface area contributed by atoms with Crippen molar-refractivity contribution >= 4 is 24.0 Å². The summed E-state index contributed by atoms with van der Waals surface area (Å²) >= 11 is 6.19. The van der Waals surface area contributed by atoms with Crippen LogP contribution in [0.5, 0.6) is 11.5 Å². The first-order chi connectivity index (χ1) is 13.5. The maximum Gasteiger partial charge on any atom is 0.252 e. The fraction of sp³-hybridized carbons (Fsp3) is 0.227. The standard InChI is InChI=1S/C22H22ClFN2O2.ClH/c1-3-19(26-14(2)16-10-7-13-25-22(16)27)17-11-12-18(23)21(20(17)24)28-15-8-5-4-6-9-15;/h4-14,19,26H,3H2,1-2H3,(H,25,27);1H/t14-,19-;/m1./s1. The summed E-state index contributed by atoms with van der Waals surface area (Å²) in [6, 6.07) is 15.2. The summed E-state index contributed by atoms with van der Waals surface area (Å²) in [5, 5.41) is 3.53. The highest BCUT2D eigenvalue weighted by Gasteiger charge is 2.22. The highest BCUT2D eigenvalue weighted by molar-refractivity contribution is 6.32. The molecule has 0 bridgehead atoms. The smallest absolute Gasteiger partial charge is 0.252 e. The zero-order valence-electron chi connectivity index (χ0n) is 16.1. The normalized spacial score (nSPS) is 12.7. The molecule has 2 atom stereocenters. The van der Waals surface area contributed by atoms with Gasteiger partial charge >= 0.3 is 0 Å². The Morgan fingerprint density at radius 1 is 1.10 bits per heavy atom. The van der Waals surface area contributed by atoms with Gasteiger partial charge in [0, 0.05) is 29.4 Å². The average Bonchev–Trinajstić information content (AvgIpc) is 2.71. The van der Waals surface area contributed by atoms with Crippen LogP contribution in [0.25, 0.3) is 0 Å². The summed E-state index contributed by atoms with van der Waals surface area (Å²) in [5.74, 6) is -0.00801. The molecule has 4 nitrogen and oxygen atoms in total. The van der Waals surface area contributed by atoms with Gasteiger partial charge < -0.3 is 15.0 Å². The number of benzene rings is 2. The summed E-state index contributed by atoms with van der Waals surface area (Å²) in [6.07, 6.45) is 2.21. The Bertz CT molecular complexity index is 996. The second kappa shape index (κ2) is 10.4. The summed E-state index contributed by atoms with van der Waals surface area (Å²) < 4.78 is 21.0. The Labute approximate surface area is 180 Å². The lowest BCUT2D eigenvalue weighted by Gasteiger charge is -2.24. The summed E-state index contributed by atoms with van der Waals surface area (Å²) in [4.78, 5) is 14.7. The molecule has 1 heterocycles. The lowest BCUT2D eigenvalue weighted by Crippen LogP contribution is -2.29. The molecule has 0 radical (unpaired) electrons. The van der Waals surface area contributed by atoms with E-state index < -0.39 is 5.82 Å². The van der Waals surface area contributed by atoms with Crippen molar-refractivity contribution in [3.63, 3.8) is 0 Å². The average molecular weight is 437 g/mol. The summed E-state index contributed by atoms with van der Waals surface area (Å²) in [5.41, 5.74) is 0.871. The molecule has 1 aromatic heterocycles. The number of aromatic amines is 1. The number of pyridine rings is 1. The highest BCUT2D eigenvalue weighted by atomic mass is 35.5. The topological polar surface area (TPSA) is 54.1 Å². The Balaban J connectivity index is 0.00000300. The van der Waals surface area contributed by atoms with Gasteiger partial charge in [0.15, 0.2) is 11.6 Å². The molecular weight excluding hydrogens is 414 g/mol. The van der Waals surface area contributed by atoms with Gasteiger partial charge in [-0.3, -0.25) is 4.79 Å². The van der Waals surface area contributed by atoms with Crippen LogP contribution in [0.3, 0.4) is 0 Å². The molecule has 2 N–H and O–H groups in total. The van der Waals surface area contributed by atoms with Gasteiger partial charge in [0.1, 0.15) is 5.75 Å². The molecule has 2 aromatic carbocycles. The summed E-state index contributed by atoms with van der Waals surface area (Å²) in [6.45, 7) is 3.83. The van der Waals surface area contributed by atoms with Crippen LogP contribution >= 0.6 is 24.0 Å². The lowest BCUT2D eigenvalue weighted by molar-refractivity contribution is 0.409. The van der Waals surface area contributed by atoms with Crippen LogP contribution in [0.15, 0.2) is 65.6 Å². The van der Waals surface area contributed by atoms with Crippen LogP contribution in [-0.4, -0.2) is 4.98 Å². The van der Waals surface area contributed by atoms with Gasteiger partial charge in [0.2, 0.25) is 0 Å². The van der Waals surface area contributed by atoms with Gasteiger partial charge in [-0.15, -0.1) is 12.4 Å². The van der Waals surface area contributed by atoms with Crippen LogP contribution in [0, 0.1) is 5.82 Å². The van der Waals surface area contributed by atoms with Crippen molar-refractivity contribution in [3.8, 4) is 11.5 Å². The molecule has 0 fully saturated rings. The molecule has 3 rings (SSSR count). The largest absolute Gasteiger partial charge is 0.453 e. The number of rotatable bonds is 7. The SMILES string of the molecule is CC[C@@H](N[C@H](C)c1ccc[nH]c1=O)c1ccc(Cl)c(Oc2ccccc2)c1F.Cl. The first-order valence-electron chi connectivity index (χ1n) is 9.15. The third-order valence-corrected chi connectivity index (χ3v) is 4.89. The van der Waals surface area contributed by atoms with E-state index in [1.807, 2.05) is 19.9 Å². The predicted octanol–water partition coefficient (Wildman–Crippen LogP) is 6.18. The maximum absolute atomic E-state index is 15.3. The number of nitrogens with one attached hydrogen (secondary N) is 2. The third-order valence-electron chi connectivity index (χ3n) is 4.59. The van der Waals surface area contributed by atoms with Crippen molar-refractivity contribution in [2.75, 3.05) is 0 Å². The van der Waals surface area contributed by atoms with E-state index in [-0.39, 0.29) is 40.8 Å². The molecule has 0 aliphatic carbocycles. The van der Waals surface area contributed by atoms with E-state index >= 15 is 4.39 Å². The van der Waals surface area contributed by atoms with Gasteiger partial charge in [-0.05, 0) is 37.6 Å². The monoisotopic (exact) mass is 436 g/mol. The summed E-state index contributed by atoms with van der Waals surface area (Å²) in [7, 11) is 0. The Morgan fingerprint density at radius 3 is 2.48 bits per heavy atom. The van der Waals surface area contributed by atoms with E-state index in [1.165, 1.54) is 0 Å². The van der Waals surface area contributed by atoms with Crippen molar-refractivity contribution in [1.82, 2.24) is 10.3 Å². The number of para-hydroxylation sites is 1. The maximum atomic E-state index is 15.3. The minimum absolute atomic E-state index is 0. The number of hydrogen-bond acceptors (Lipinski definition) is 3. The Morgan fingerprint density at radius 2 is 1.83 bits per heavy atom. The Hall–Kier alpha value is -2.34. The van der Waals surface area contributed by atoms with Gasteiger partial charge in [0.25, 0.3) is 5.56 Å². The molecule has 0 spiro atoms. The molecule has 0 amide bonds. The number of hydrogen-bond donors (Lipinski definition) is 2. The van der Waals surface area contributed by atoms with Crippen LogP contribution in [-0.2, 0) is 0 Å². The van der Waals surface area contributed by atoms with E-state index in [0.29, 0.717) is 23.3 Å². The molecule has 154 valence electrons. The van der Waals surface area contributed by atoms with E-state index in [1.54, 1.807) is 54.7 Å². The fourth-order valence-corrected chi connectivity index (χ4v) is 3.30. The fourth-order valence-electron chi connectivity index (χ4n) is 3.11. The van der Waals surface area contributed by atoms with Crippen LogP contribution in [0.2, 0.25) is 5.02 Å². The zero-order chi connectivity index (χ0) is 20.1. The van der Waals surface area contributed by atoms with E-state index in [0.717, 1.165) is 0 Å². The number of aromatic nitrogens is 1. The van der Waals surface area contributed by atoms with Gasteiger partial charge in [-0.25, -0.2) is 4.39 Å². The molecular formula is C22H23Cl2FN2O2. The molecule has 0 saturated carbocycles. The molecule has 0 saturated heterocycles. The first-order valence-corrected chi connectivity index (χ1v) is 9.53. The quantitative estimate of drug-likeness (QED) is 0.464. The zero-order valence-corrected chi connectivity index (χ0v) is 17.7. The molecule has 7 heteroatoms. The van der Waals surface area contributed by atoms with Gasteiger partial charge in [0.05, 0.1) is 5.02 Å². The minimum atomic E-state index is -0.509. The molecule has 0 aliphatic rings. The second-order valence-electron chi connectivity index (χ2n) is 6.50. The van der Waals surface area contributed by atoms with Crippen molar-refractivity contribution in [3.05, 3.63) is 93.1 Å². The second-order valence-corrected chi connectivity index (χ2v) is 6.91. The van der Waals surface area contributed by atoms with Crippen LogP contribution in [0.4, 0.5) is 4.39 Å². The van der Waals surface area contributed by atoms with E-state index in [4.69, 9.17) is 16.3 Å². The number of ether oxygens (including phenoxy) is 1.